The molecule has 0 bridgehead atoms. The van der Waals surface area contributed by atoms with Gasteiger partial charge < -0.3 is 9.47 Å². The first-order chi connectivity index (χ1) is 8.76. The third-order valence-corrected chi connectivity index (χ3v) is 4.19. The third kappa shape index (κ3) is 2.61. The summed E-state index contributed by atoms with van der Waals surface area (Å²) in [6.45, 7) is 7.65. The predicted octanol–water partition coefficient (Wildman–Crippen LogP) is 3.39. The van der Waals surface area contributed by atoms with Gasteiger partial charge in [0, 0.05) is 11.3 Å². The van der Waals surface area contributed by atoms with Crippen molar-refractivity contribution in [3.05, 3.63) is 9.47 Å². The Balaban J connectivity index is 3.19. The molecular formula is C13H18Br2O4. The number of allylic oxidation sites excluding steroid dienone is 1. The average molecular weight is 398 g/mol. The van der Waals surface area contributed by atoms with Gasteiger partial charge in [0.2, 0.25) is 0 Å². The van der Waals surface area contributed by atoms with Crippen LogP contribution in [-0.4, -0.2) is 25.2 Å². The van der Waals surface area contributed by atoms with E-state index in [1.165, 1.54) is 0 Å². The smallest absolute Gasteiger partial charge is 0.324 e. The molecule has 1 aliphatic carbocycles. The first kappa shape index (κ1) is 16.7. The molecule has 108 valence electrons. The molecule has 0 N–H and O–H groups in total. The van der Waals surface area contributed by atoms with Crippen LogP contribution in [0.3, 0.4) is 0 Å². The van der Waals surface area contributed by atoms with Crippen molar-refractivity contribution in [1.82, 2.24) is 0 Å². The molecule has 4 nitrogen and oxygen atoms in total. The van der Waals surface area contributed by atoms with Crippen LogP contribution in [0.4, 0.5) is 0 Å². The van der Waals surface area contributed by atoms with Crippen molar-refractivity contribution in [3.63, 3.8) is 0 Å². The quantitative estimate of drug-likeness (QED) is 0.527. The minimum Gasteiger partial charge on any atom is -0.465 e. The monoisotopic (exact) mass is 396 g/mol. The number of esters is 2. The van der Waals surface area contributed by atoms with Gasteiger partial charge in [-0.25, -0.2) is 0 Å². The molecule has 1 atom stereocenters. The largest absolute Gasteiger partial charge is 0.465 e. The highest BCUT2D eigenvalue weighted by Gasteiger charge is 2.81. The number of ether oxygens (including phenoxy) is 2. The maximum Gasteiger partial charge on any atom is 0.324 e. The van der Waals surface area contributed by atoms with E-state index in [1.807, 2.05) is 13.8 Å². The molecular weight excluding hydrogens is 380 g/mol. The van der Waals surface area contributed by atoms with E-state index in [4.69, 9.17) is 9.47 Å². The number of hydrogen-bond acceptors (Lipinski definition) is 4. The van der Waals surface area contributed by atoms with Crippen molar-refractivity contribution in [3.8, 4) is 0 Å². The maximum absolute atomic E-state index is 12.3. The Hall–Kier alpha value is -0.360. The highest BCUT2D eigenvalue weighted by atomic mass is 79.9. The molecule has 0 saturated heterocycles. The Morgan fingerprint density at radius 3 is 1.84 bits per heavy atom. The topological polar surface area (TPSA) is 52.6 Å². The molecule has 0 aromatic heterocycles. The van der Waals surface area contributed by atoms with Crippen LogP contribution in [0.5, 0.6) is 0 Å². The molecule has 0 heterocycles. The van der Waals surface area contributed by atoms with Gasteiger partial charge in [-0.1, -0.05) is 19.9 Å². The lowest BCUT2D eigenvalue weighted by Gasteiger charge is -2.16. The molecule has 1 unspecified atom stereocenters. The Labute approximate surface area is 130 Å². The van der Waals surface area contributed by atoms with E-state index in [0.29, 0.717) is 3.39 Å². The van der Waals surface area contributed by atoms with Gasteiger partial charge in [-0.2, -0.15) is 0 Å². The minimum atomic E-state index is -1.24. The number of halogens is 2. The van der Waals surface area contributed by atoms with E-state index < -0.39 is 22.8 Å². The van der Waals surface area contributed by atoms with Crippen molar-refractivity contribution in [2.45, 2.75) is 27.7 Å². The molecule has 1 saturated carbocycles. The zero-order chi connectivity index (χ0) is 14.8. The number of carbonyl (C=O) groups excluding carboxylic acids is 2. The van der Waals surface area contributed by atoms with Gasteiger partial charge in [0.05, 0.1) is 16.6 Å². The van der Waals surface area contributed by atoms with E-state index >= 15 is 0 Å². The molecule has 0 spiro atoms. The summed E-state index contributed by atoms with van der Waals surface area (Å²) in [6, 6.07) is 0. The fourth-order valence-electron chi connectivity index (χ4n) is 2.62. The standard InChI is InChI=1S/C13H18Br2O4/c1-5-18-10(16)13(11(17)19-6-2)8(7-9(14)15)12(13,3)4/h7-8H,5-6H2,1-4H3. The molecule has 0 aromatic rings. The molecule has 1 aliphatic rings. The lowest BCUT2D eigenvalue weighted by atomic mass is 9.96. The van der Waals surface area contributed by atoms with Crippen LogP contribution in [0.1, 0.15) is 27.7 Å². The molecule has 1 fully saturated rings. The summed E-state index contributed by atoms with van der Waals surface area (Å²) in [5.41, 5.74) is -1.77. The van der Waals surface area contributed by atoms with Crippen LogP contribution >= 0.6 is 31.9 Å². The second-order valence-corrected chi connectivity index (χ2v) is 7.68. The first-order valence-electron chi connectivity index (χ1n) is 6.14. The van der Waals surface area contributed by atoms with Crippen LogP contribution in [0.15, 0.2) is 9.47 Å². The maximum atomic E-state index is 12.3. The van der Waals surface area contributed by atoms with E-state index in [0.717, 1.165) is 0 Å². The molecule has 1 rings (SSSR count). The fraction of sp³-hybridized carbons (Fsp3) is 0.692. The van der Waals surface area contributed by atoms with Gasteiger partial charge in [0.25, 0.3) is 0 Å². The molecule has 0 radical (unpaired) electrons. The third-order valence-electron chi connectivity index (χ3n) is 3.66. The molecule has 0 amide bonds. The highest BCUT2D eigenvalue weighted by molar-refractivity contribution is 9.28. The van der Waals surface area contributed by atoms with Crippen molar-refractivity contribution in [2.24, 2.45) is 16.7 Å². The zero-order valence-corrected chi connectivity index (χ0v) is 14.6. The average Bonchev–Trinajstić information content (AvgIpc) is 2.76. The summed E-state index contributed by atoms with van der Waals surface area (Å²) in [5, 5.41) is 0. The summed E-state index contributed by atoms with van der Waals surface area (Å²) < 4.78 is 10.9. The molecule has 19 heavy (non-hydrogen) atoms. The number of carbonyl (C=O) groups is 2. The van der Waals surface area contributed by atoms with E-state index in [1.54, 1.807) is 19.9 Å². The van der Waals surface area contributed by atoms with Gasteiger partial charge >= 0.3 is 11.9 Å². The van der Waals surface area contributed by atoms with Gasteiger partial charge in [-0.3, -0.25) is 9.59 Å². The van der Waals surface area contributed by atoms with Gasteiger partial charge in [-0.15, -0.1) is 0 Å². The molecule has 6 heteroatoms. The Morgan fingerprint density at radius 1 is 1.11 bits per heavy atom. The molecule has 0 aromatic carbocycles. The summed E-state index contributed by atoms with van der Waals surface area (Å²) in [6.07, 6.45) is 1.80. The van der Waals surface area contributed by atoms with Crippen LogP contribution in [0.25, 0.3) is 0 Å². The second-order valence-electron chi connectivity index (χ2n) is 4.90. The fourth-order valence-corrected chi connectivity index (χ4v) is 3.14. The van der Waals surface area contributed by atoms with Crippen molar-refractivity contribution >= 4 is 43.8 Å². The van der Waals surface area contributed by atoms with Crippen molar-refractivity contribution < 1.29 is 19.1 Å². The lowest BCUT2D eigenvalue weighted by molar-refractivity contribution is -0.166. The van der Waals surface area contributed by atoms with Crippen LogP contribution in [0, 0.1) is 16.7 Å². The Morgan fingerprint density at radius 2 is 1.53 bits per heavy atom. The predicted molar refractivity (Wildman–Crippen MR) is 78.9 cm³/mol. The summed E-state index contributed by atoms with van der Waals surface area (Å²) in [4.78, 5) is 24.5. The first-order valence-corrected chi connectivity index (χ1v) is 7.72. The normalized spacial score (nSPS) is 22.3. The zero-order valence-electron chi connectivity index (χ0n) is 11.5. The second kappa shape index (κ2) is 5.95. The van der Waals surface area contributed by atoms with Crippen molar-refractivity contribution in [1.29, 1.82) is 0 Å². The summed E-state index contributed by atoms with van der Waals surface area (Å²) >= 11 is 6.54. The van der Waals surface area contributed by atoms with Crippen LogP contribution in [-0.2, 0) is 19.1 Å². The van der Waals surface area contributed by atoms with Crippen molar-refractivity contribution in [2.75, 3.05) is 13.2 Å². The van der Waals surface area contributed by atoms with Crippen LogP contribution in [0.2, 0.25) is 0 Å². The van der Waals surface area contributed by atoms with E-state index in [2.05, 4.69) is 31.9 Å². The van der Waals surface area contributed by atoms with E-state index in [-0.39, 0.29) is 19.1 Å². The lowest BCUT2D eigenvalue weighted by Crippen LogP contribution is -2.34. The molecule has 0 aliphatic heterocycles. The number of hydrogen-bond donors (Lipinski definition) is 0. The minimum absolute atomic E-state index is 0.238. The van der Waals surface area contributed by atoms with Crippen LogP contribution < -0.4 is 0 Å². The number of rotatable bonds is 5. The van der Waals surface area contributed by atoms with Gasteiger partial charge in [0.1, 0.15) is 0 Å². The summed E-state index contributed by atoms with van der Waals surface area (Å²) in [5.74, 6) is -1.28. The SMILES string of the molecule is CCOC(=O)C1(C(=O)OCC)C(C=C(Br)Br)C1(C)C. The Kier molecular flexibility index (Phi) is 5.23. The van der Waals surface area contributed by atoms with E-state index in [9.17, 15) is 9.59 Å². The van der Waals surface area contributed by atoms with Gasteiger partial charge in [-0.05, 0) is 45.7 Å². The van der Waals surface area contributed by atoms with Gasteiger partial charge in [0.15, 0.2) is 5.41 Å². The Bertz CT molecular complexity index is 393. The highest BCUT2D eigenvalue weighted by Crippen LogP contribution is 2.71. The summed E-state index contributed by atoms with van der Waals surface area (Å²) in [7, 11) is 0.